The fourth-order valence-corrected chi connectivity index (χ4v) is 3.78. The lowest BCUT2D eigenvalue weighted by Crippen LogP contribution is -2.29. The Kier molecular flexibility index (Phi) is 6.34. The molecule has 150 valence electrons. The van der Waals surface area contributed by atoms with Gasteiger partial charge in [0.1, 0.15) is 5.25 Å². The third-order valence-corrected chi connectivity index (χ3v) is 5.43. The highest BCUT2D eigenvalue weighted by Crippen LogP contribution is 2.39. The summed E-state index contributed by atoms with van der Waals surface area (Å²) in [5, 5.41) is 13.5. The van der Waals surface area contributed by atoms with Crippen molar-refractivity contribution < 1.29 is 22.7 Å². The van der Waals surface area contributed by atoms with Gasteiger partial charge in [-0.25, -0.2) is 0 Å². The lowest BCUT2D eigenvalue weighted by Gasteiger charge is -2.19. The van der Waals surface area contributed by atoms with Crippen LogP contribution in [0.3, 0.4) is 0 Å². The summed E-state index contributed by atoms with van der Waals surface area (Å²) < 4.78 is 40.6. The number of anilines is 1. The first-order valence-corrected chi connectivity index (χ1v) is 9.59. The van der Waals surface area contributed by atoms with Crippen LogP contribution in [0, 0.1) is 5.21 Å². The Balaban J connectivity index is 1.95. The predicted octanol–water partition coefficient (Wildman–Crippen LogP) is 5.46. The number of nitrogens with one attached hydrogen (secondary N) is 1. The molecular formula is C20H14ClF3N2O2S. The van der Waals surface area contributed by atoms with Crippen LogP contribution in [0.5, 0.6) is 0 Å². The minimum absolute atomic E-state index is 0.0963. The zero-order valence-corrected chi connectivity index (χ0v) is 16.3. The molecule has 1 aromatic heterocycles. The second kappa shape index (κ2) is 8.75. The highest BCUT2D eigenvalue weighted by Gasteiger charge is 2.35. The summed E-state index contributed by atoms with van der Waals surface area (Å²) in [5.41, 5.74) is -0.911. The Morgan fingerprint density at radius 2 is 1.76 bits per heavy atom. The minimum atomic E-state index is -4.69. The number of alkyl halides is 3. The monoisotopic (exact) mass is 438 g/mol. The van der Waals surface area contributed by atoms with E-state index in [2.05, 4.69) is 5.32 Å². The fourth-order valence-electron chi connectivity index (χ4n) is 2.58. The quantitative estimate of drug-likeness (QED) is 0.327. The molecule has 0 saturated carbocycles. The number of aromatic nitrogens is 1. The Labute approximate surface area is 173 Å². The van der Waals surface area contributed by atoms with Crippen molar-refractivity contribution in [1.29, 1.82) is 0 Å². The van der Waals surface area contributed by atoms with Crippen LogP contribution in [0.2, 0.25) is 5.02 Å². The van der Waals surface area contributed by atoms with Gasteiger partial charge in [0.2, 0.25) is 5.91 Å². The van der Waals surface area contributed by atoms with Crippen LogP contribution < -0.4 is 10.0 Å². The fraction of sp³-hybridized carbons (Fsp3) is 0.100. The van der Waals surface area contributed by atoms with Crippen LogP contribution in [0.1, 0.15) is 16.4 Å². The zero-order valence-electron chi connectivity index (χ0n) is 14.7. The number of benzene rings is 2. The Bertz CT molecular complexity index is 1020. The first-order chi connectivity index (χ1) is 13.8. The number of hydrogen-bond donors (Lipinski definition) is 1. The van der Waals surface area contributed by atoms with Crippen molar-refractivity contribution in [3.05, 3.63) is 94.3 Å². The molecule has 3 aromatic rings. The van der Waals surface area contributed by atoms with Gasteiger partial charge in [-0.3, -0.25) is 4.79 Å². The molecule has 0 spiro atoms. The lowest BCUT2D eigenvalue weighted by molar-refractivity contribution is -0.645. The molecule has 3 rings (SSSR count). The molecule has 0 saturated heterocycles. The van der Waals surface area contributed by atoms with Crippen molar-refractivity contribution in [3.63, 3.8) is 0 Å². The molecule has 1 atom stereocenters. The number of rotatable bonds is 5. The number of carbonyl (C=O) groups excluding carboxylic acids is 1. The van der Waals surface area contributed by atoms with Crippen LogP contribution in [0.25, 0.3) is 0 Å². The van der Waals surface area contributed by atoms with Crippen LogP contribution >= 0.6 is 23.4 Å². The molecule has 29 heavy (non-hydrogen) atoms. The van der Waals surface area contributed by atoms with Gasteiger partial charge in [-0.05, 0) is 41.6 Å². The smallest absolute Gasteiger partial charge is 0.418 e. The molecule has 4 nitrogen and oxygen atoms in total. The van der Waals surface area contributed by atoms with Crippen molar-refractivity contribution in [2.24, 2.45) is 0 Å². The molecule has 1 unspecified atom stereocenters. The van der Waals surface area contributed by atoms with E-state index >= 15 is 0 Å². The Hall–Kier alpha value is -2.71. The largest absolute Gasteiger partial charge is 0.618 e. The number of thioether (sulfide) groups is 1. The molecule has 0 fully saturated rings. The zero-order chi connectivity index (χ0) is 21.0. The van der Waals surface area contributed by atoms with E-state index in [1.807, 2.05) is 0 Å². The van der Waals surface area contributed by atoms with Gasteiger partial charge < -0.3 is 10.5 Å². The van der Waals surface area contributed by atoms with E-state index in [0.717, 1.165) is 23.9 Å². The molecule has 1 heterocycles. The summed E-state index contributed by atoms with van der Waals surface area (Å²) in [6.45, 7) is 0. The van der Waals surface area contributed by atoms with Gasteiger partial charge in [-0.1, -0.05) is 41.9 Å². The van der Waals surface area contributed by atoms with Crippen LogP contribution in [0.4, 0.5) is 18.9 Å². The predicted molar refractivity (Wildman–Crippen MR) is 106 cm³/mol. The average Bonchev–Trinajstić information content (AvgIpc) is 2.68. The minimum Gasteiger partial charge on any atom is -0.618 e. The van der Waals surface area contributed by atoms with Crippen LogP contribution in [-0.2, 0) is 11.0 Å². The highest BCUT2D eigenvalue weighted by molar-refractivity contribution is 8.00. The molecule has 0 aliphatic carbocycles. The van der Waals surface area contributed by atoms with Gasteiger partial charge in [0, 0.05) is 17.2 Å². The van der Waals surface area contributed by atoms with Gasteiger partial charge in [-0.15, -0.1) is 0 Å². The summed E-state index contributed by atoms with van der Waals surface area (Å²) in [5.74, 6) is -0.696. The van der Waals surface area contributed by atoms with E-state index in [0.29, 0.717) is 10.3 Å². The van der Waals surface area contributed by atoms with Crippen molar-refractivity contribution in [3.8, 4) is 0 Å². The first-order valence-electron chi connectivity index (χ1n) is 8.33. The third kappa shape index (κ3) is 5.21. The normalized spacial score (nSPS) is 12.4. The number of nitrogens with zero attached hydrogens (tertiary/aromatic N) is 1. The maximum absolute atomic E-state index is 13.3. The molecule has 1 amide bonds. The number of amides is 1. The first kappa shape index (κ1) is 21.0. The van der Waals surface area contributed by atoms with E-state index in [4.69, 9.17) is 11.6 Å². The van der Waals surface area contributed by atoms with Crippen molar-refractivity contribution >= 4 is 35.0 Å². The van der Waals surface area contributed by atoms with E-state index in [1.165, 1.54) is 24.4 Å². The van der Waals surface area contributed by atoms with E-state index in [1.54, 1.807) is 36.4 Å². The van der Waals surface area contributed by atoms with Gasteiger partial charge >= 0.3 is 6.18 Å². The molecule has 0 radical (unpaired) electrons. The summed E-state index contributed by atoms with van der Waals surface area (Å²) in [4.78, 5) is 12.9. The third-order valence-electron chi connectivity index (χ3n) is 3.91. The summed E-state index contributed by atoms with van der Waals surface area (Å²) in [7, 11) is 0. The second-order valence-electron chi connectivity index (χ2n) is 5.95. The standard InChI is InChI=1S/C20H14ClF3N2O2S/c21-14-9-10-16(15(12-14)20(22,23)24)25-19(27)18(13-6-2-1-3-7-13)29-17-8-4-5-11-26(17)28/h1-12,18H,(H,25,27). The number of carbonyl (C=O) groups is 1. The second-order valence-corrected chi connectivity index (χ2v) is 7.51. The van der Waals surface area contributed by atoms with Crippen LogP contribution in [0.15, 0.2) is 78.0 Å². The van der Waals surface area contributed by atoms with E-state index in [-0.39, 0.29) is 10.0 Å². The number of pyridine rings is 1. The van der Waals surface area contributed by atoms with Crippen molar-refractivity contribution in [2.45, 2.75) is 16.5 Å². The molecule has 9 heteroatoms. The maximum Gasteiger partial charge on any atom is 0.418 e. The van der Waals surface area contributed by atoms with E-state index in [9.17, 15) is 23.2 Å². The number of halogens is 4. The maximum atomic E-state index is 13.3. The molecule has 0 aliphatic heterocycles. The van der Waals surface area contributed by atoms with E-state index < -0.39 is 28.6 Å². The van der Waals surface area contributed by atoms with Gasteiger partial charge in [0.25, 0.3) is 5.03 Å². The highest BCUT2D eigenvalue weighted by atomic mass is 35.5. The lowest BCUT2D eigenvalue weighted by atomic mass is 10.1. The molecule has 0 bridgehead atoms. The summed E-state index contributed by atoms with van der Waals surface area (Å²) in [6, 6.07) is 16.3. The van der Waals surface area contributed by atoms with Crippen LogP contribution in [-0.4, -0.2) is 5.91 Å². The van der Waals surface area contributed by atoms with Gasteiger partial charge in [0.15, 0.2) is 6.20 Å². The molecule has 1 N–H and O–H groups in total. The van der Waals surface area contributed by atoms with Gasteiger partial charge in [-0.2, -0.15) is 17.9 Å². The molecular weight excluding hydrogens is 425 g/mol. The summed E-state index contributed by atoms with van der Waals surface area (Å²) >= 11 is 6.63. The van der Waals surface area contributed by atoms with Crippen molar-refractivity contribution in [1.82, 2.24) is 0 Å². The topological polar surface area (TPSA) is 56.0 Å². The Morgan fingerprint density at radius 3 is 2.41 bits per heavy atom. The van der Waals surface area contributed by atoms with Crippen molar-refractivity contribution in [2.75, 3.05) is 5.32 Å². The molecule has 2 aromatic carbocycles. The molecule has 0 aliphatic rings. The average molecular weight is 439 g/mol. The summed E-state index contributed by atoms with van der Waals surface area (Å²) in [6.07, 6.45) is -3.41. The van der Waals surface area contributed by atoms with Gasteiger partial charge in [0.05, 0.1) is 11.3 Å². The SMILES string of the molecule is O=C(Nc1ccc(Cl)cc1C(F)(F)F)C(Sc1cccc[n+]1[O-])c1ccccc1. The Morgan fingerprint density at radius 1 is 1.07 bits per heavy atom. The number of hydrogen-bond acceptors (Lipinski definition) is 3.